The molecule has 2 aliphatic rings. The smallest absolute Gasteiger partial charge is 0.321 e. The third-order valence-electron chi connectivity index (χ3n) is 6.36. The van der Waals surface area contributed by atoms with E-state index in [4.69, 9.17) is 21.7 Å². The summed E-state index contributed by atoms with van der Waals surface area (Å²) in [7, 11) is 0. The lowest BCUT2D eigenvalue weighted by molar-refractivity contribution is 0.250. The van der Waals surface area contributed by atoms with E-state index < -0.39 is 0 Å². The first-order chi connectivity index (χ1) is 17.2. The number of aromatic nitrogens is 5. The Morgan fingerprint density at radius 2 is 2.09 bits per heavy atom. The lowest BCUT2D eigenvalue weighted by Gasteiger charge is -2.14. The highest BCUT2D eigenvalue weighted by atomic mass is 35.5. The van der Waals surface area contributed by atoms with Crippen molar-refractivity contribution in [2.45, 2.75) is 19.3 Å². The summed E-state index contributed by atoms with van der Waals surface area (Å²) in [5, 5.41) is 15.3. The Labute approximate surface area is 211 Å². The van der Waals surface area contributed by atoms with Crippen molar-refractivity contribution >= 4 is 34.1 Å². The molecule has 0 radical (unpaired) electrons. The van der Waals surface area contributed by atoms with Crippen LogP contribution < -0.4 is 16.0 Å². The van der Waals surface area contributed by atoms with E-state index in [0.29, 0.717) is 22.6 Å². The summed E-state index contributed by atoms with van der Waals surface area (Å²) >= 11 is 8.04. The first kappa shape index (κ1) is 22.1. The minimum absolute atomic E-state index is 0.232. The summed E-state index contributed by atoms with van der Waals surface area (Å²) in [6, 6.07) is 7.40. The molecule has 1 atom stereocenters. The van der Waals surface area contributed by atoms with Crippen molar-refractivity contribution in [2.75, 3.05) is 25.0 Å². The number of urea groups is 1. The van der Waals surface area contributed by atoms with E-state index in [2.05, 4.69) is 25.9 Å². The van der Waals surface area contributed by atoms with E-state index in [1.165, 1.54) is 17.7 Å². The number of rotatable bonds is 5. The second kappa shape index (κ2) is 9.37. The number of carbonyl (C=O) groups excluding carboxylic acids is 1. The van der Waals surface area contributed by atoms with E-state index in [-0.39, 0.29) is 6.03 Å². The van der Waals surface area contributed by atoms with Gasteiger partial charge in [-0.15, -0.1) is 0 Å². The molecule has 3 N–H and O–H groups in total. The minimum Gasteiger partial charge on any atom is -0.337 e. The molecule has 35 heavy (non-hydrogen) atoms. The number of nitrogens with one attached hydrogen (secondary N) is 3. The van der Waals surface area contributed by atoms with Gasteiger partial charge >= 0.3 is 6.03 Å². The van der Waals surface area contributed by atoms with E-state index in [1.807, 2.05) is 28.9 Å². The predicted octanol–water partition coefficient (Wildman–Crippen LogP) is 3.94. The van der Waals surface area contributed by atoms with Crippen LogP contribution in [0.2, 0.25) is 5.02 Å². The van der Waals surface area contributed by atoms with Gasteiger partial charge in [0.15, 0.2) is 5.13 Å². The van der Waals surface area contributed by atoms with Crippen LogP contribution in [0.5, 0.6) is 0 Å². The number of benzene rings is 1. The summed E-state index contributed by atoms with van der Waals surface area (Å²) in [4.78, 5) is 26.6. The second-order valence-electron chi connectivity index (χ2n) is 8.65. The van der Waals surface area contributed by atoms with Gasteiger partial charge in [0.2, 0.25) is 0 Å². The Hall–Kier alpha value is -3.34. The van der Waals surface area contributed by atoms with Gasteiger partial charge < -0.3 is 10.6 Å². The molecule has 11 heteroatoms. The zero-order chi connectivity index (χ0) is 23.8. The normalized spacial score (nSPS) is 16.5. The van der Waals surface area contributed by atoms with Crippen molar-refractivity contribution in [1.29, 1.82) is 0 Å². The van der Waals surface area contributed by atoms with Crippen LogP contribution in [-0.2, 0) is 12.8 Å². The van der Waals surface area contributed by atoms with Crippen molar-refractivity contribution in [1.82, 2.24) is 35.4 Å². The number of amides is 2. The summed E-state index contributed by atoms with van der Waals surface area (Å²) in [6.07, 6.45) is 7.65. The third-order valence-corrected chi connectivity index (χ3v) is 7.70. The fraction of sp³-hybridized carbons (Fsp3) is 0.292. The number of para-hydroxylation sites is 1. The zero-order valence-corrected chi connectivity index (χ0v) is 20.4. The van der Waals surface area contributed by atoms with Crippen LogP contribution in [0.25, 0.3) is 27.5 Å². The van der Waals surface area contributed by atoms with Gasteiger partial charge in [0.1, 0.15) is 6.33 Å². The molecule has 9 nitrogen and oxygen atoms in total. The van der Waals surface area contributed by atoms with Gasteiger partial charge in [-0.2, -0.15) is 5.10 Å². The van der Waals surface area contributed by atoms with E-state index in [0.717, 1.165) is 71.1 Å². The van der Waals surface area contributed by atoms with Gasteiger partial charge in [0.25, 0.3) is 0 Å². The van der Waals surface area contributed by atoms with Crippen LogP contribution in [0.15, 0.2) is 43.0 Å². The molecule has 1 aliphatic heterocycles. The first-order valence-corrected chi connectivity index (χ1v) is 12.7. The Balaban J connectivity index is 1.36. The summed E-state index contributed by atoms with van der Waals surface area (Å²) in [5.41, 5.74) is 5.45. The van der Waals surface area contributed by atoms with Crippen LogP contribution in [-0.4, -0.2) is 50.4 Å². The maximum atomic E-state index is 12.5. The minimum atomic E-state index is -0.232. The zero-order valence-electron chi connectivity index (χ0n) is 18.8. The number of hydrogen-bond acceptors (Lipinski definition) is 7. The molecule has 0 unspecified atom stereocenters. The van der Waals surface area contributed by atoms with Gasteiger partial charge in [-0.05, 0) is 50.4 Å². The third kappa shape index (κ3) is 4.29. The molecular weight excluding hydrogens is 484 g/mol. The number of anilines is 1. The first-order valence-electron chi connectivity index (χ1n) is 11.5. The van der Waals surface area contributed by atoms with Crippen LogP contribution in [0.1, 0.15) is 17.7 Å². The van der Waals surface area contributed by atoms with Gasteiger partial charge in [-0.1, -0.05) is 35.1 Å². The second-order valence-corrected chi connectivity index (χ2v) is 10.1. The van der Waals surface area contributed by atoms with Crippen molar-refractivity contribution in [3.63, 3.8) is 0 Å². The van der Waals surface area contributed by atoms with Crippen molar-refractivity contribution < 1.29 is 4.79 Å². The Morgan fingerprint density at radius 3 is 2.89 bits per heavy atom. The number of carbonyl (C=O) groups is 1. The average Bonchev–Trinajstić information content (AvgIpc) is 3.62. The van der Waals surface area contributed by atoms with Crippen LogP contribution in [0.4, 0.5) is 9.93 Å². The van der Waals surface area contributed by atoms with Crippen LogP contribution in [0, 0.1) is 5.92 Å². The molecule has 178 valence electrons. The van der Waals surface area contributed by atoms with Crippen molar-refractivity contribution in [3.8, 4) is 27.5 Å². The van der Waals surface area contributed by atoms with E-state index in [9.17, 15) is 4.79 Å². The van der Waals surface area contributed by atoms with E-state index in [1.54, 1.807) is 12.4 Å². The number of thiazole rings is 1. The van der Waals surface area contributed by atoms with Crippen molar-refractivity contribution in [3.05, 3.63) is 59.3 Å². The highest BCUT2D eigenvalue weighted by Crippen LogP contribution is 2.44. The highest BCUT2D eigenvalue weighted by molar-refractivity contribution is 7.19. The lowest BCUT2D eigenvalue weighted by Crippen LogP contribution is -2.33. The van der Waals surface area contributed by atoms with Gasteiger partial charge in [-0.25, -0.2) is 24.4 Å². The fourth-order valence-corrected chi connectivity index (χ4v) is 5.92. The number of nitrogens with zero attached hydrogens (tertiary/aromatic N) is 5. The summed E-state index contributed by atoms with van der Waals surface area (Å²) in [6.45, 7) is 2.59. The highest BCUT2D eigenvalue weighted by Gasteiger charge is 2.30. The Kier molecular flexibility index (Phi) is 5.93. The molecule has 1 saturated heterocycles. The monoisotopic (exact) mass is 506 g/mol. The lowest BCUT2D eigenvalue weighted by atomic mass is 9.96. The molecule has 1 aliphatic carbocycles. The standard InChI is InChI=1S/C24H23ClN8OS/c25-17-3-1-2-4-19(17)33-21-16(20(32-33)15-11-27-13-28-12-15)5-6-18-22(21)35-24(30-18)31-23(34)29-10-14-7-8-26-9-14/h1-4,11-14,26H,5-10H2,(H2,29,30,31,34)/t14-/m1/s1. The van der Waals surface area contributed by atoms with Crippen molar-refractivity contribution in [2.24, 2.45) is 5.92 Å². The summed E-state index contributed by atoms with van der Waals surface area (Å²) < 4.78 is 1.88. The van der Waals surface area contributed by atoms with Gasteiger partial charge in [0.05, 0.1) is 32.7 Å². The molecule has 4 aromatic rings. The number of halogens is 1. The number of hydrogen-bond donors (Lipinski definition) is 3. The molecule has 6 rings (SSSR count). The largest absolute Gasteiger partial charge is 0.337 e. The number of fused-ring (bicyclic) bond motifs is 3. The summed E-state index contributed by atoms with van der Waals surface area (Å²) in [5.74, 6) is 0.471. The maximum absolute atomic E-state index is 12.5. The molecule has 2 amide bonds. The quantitative estimate of drug-likeness (QED) is 0.378. The van der Waals surface area contributed by atoms with Gasteiger partial charge in [0, 0.05) is 30.1 Å². The fourth-order valence-electron chi connectivity index (χ4n) is 4.64. The molecule has 0 spiro atoms. The molecule has 4 heterocycles. The van der Waals surface area contributed by atoms with Crippen LogP contribution >= 0.6 is 22.9 Å². The molecule has 1 fully saturated rings. The number of aryl methyl sites for hydroxylation is 1. The average molecular weight is 507 g/mol. The molecule has 1 aromatic carbocycles. The molecule has 3 aromatic heterocycles. The topological polar surface area (TPSA) is 110 Å². The van der Waals surface area contributed by atoms with Gasteiger partial charge in [-0.3, -0.25) is 5.32 Å². The molecule has 0 bridgehead atoms. The molecular formula is C24H23ClN8OS. The molecule has 0 saturated carbocycles. The Morgan fingerprint density at radius 1 is 1.23 bits per heavy atom. The van der Waals surface area contributed by atoms with Crippen LogP contribution in [0.3, 0.4) is 0 Å². The SMILES string of the molecule is O=C(NC[C@@H]1CCNC1)Nc1nc2c(s1)-c1c(c(-c3cncnc3)nn1-c1ccccc1Cl)CC2. The predicted molar refractivity (Wildman–Crippen MR) is 136 cm³/mol. The van der Waals surface area contributed by atoms with E-state index >= 15 is 0 Å². The maximum Gasteiger partial charge on any atom is 0.321 e. The Bertz CT molecular complexity index is 1380.